The van der Waals surface area contributed by atoms with Crippen LogP contribution in [0.1, 0.15) is 42.0 Å². The Bertz CT molecular complexity index is 977. The highest BCUT2D eigenvalue weighted by atomic mass is 19.4. The van der Waals surface area contributed by atoms with Gasteiger partial charge in [0.25, 0.3) is 0 Å². The number of ether oxygens (including phenoxy) is 1. The van der Waals surface area contributed by atoms with Crippen LogP contribution in [0.4, 0.5) is 22.0 Å². The zero-order valence-corrected chi connectivity index (χ0v) is 15.1. The van der Waals surface area contributed by atoms with E-state index in [9.17, 15) is 22.0 Å². The Morgan fingerprint density at radius 1 is 1.07 bits per heavy atom. The summed E-state index contributed by atoms with van der Waals surface area (Å²) < 4.78 is 68.6. The van der Waals surface area contributed by atoms with Crippen molar-refractivity contribution in [2.24, 2.45) is 0 Å². The van der Waals surface area contributed by atoms with Gasteiger partial charge in [-0.15, -0.1) is 13.2 Å². The summed E-state index contributed by atoms with van der Waals surface area (Å²) in [4.78, 5) is 0. The first-order chi connectivity index (χ1) is 13.3. The third-order valence-electron chi connectivity index (χ3n) is 4.42. The molecule has 0 heterocycles. The first-order valence-corrected chi connectivity index (χ1v) is 8.82. The standard InChI is InChI=1S/C22H17F5O/c1-2-3-14-5-10-18-17(12-14)9-8-16(21(18)24)7-4-15-6-11-20(19(23)13-15)28-22(25,26)27/h5-6,8-9,11,13H,2-3,10,12H2,1H3. The van der Waals surface area contributed by atoms with Crippen LogP contribution in [0.15, 0.2) is 42.0 Å². The van der Waals surface area contributed by atoms with Crippen molar-refractivity contribution in [3.05, 3.63) is 75.9 Å². The second-order valence-electron chi connectivity index (χ2n) is 6.50. The number of alkyl halides is 3. The van der Waals surface area contributed by atoms with Crippen LogP contribution in [0.2, 0.25) is 0 Å². The number of halogens is 5. The van der Waals surface area contributed by atoms with Gasteiger partial charge >= 0.3 is 6.36 Å². The fraction of sp³-hybridized carbons (Fsp3) is 0.273. The molecule has 0 amide bonds. The van der Waals surface area contributed by atoms with Crippen molar-refractivity contribution in [1.29, 1.82) is 0 Å². The molecule has 1 aliphatic rings. The highest BCUT2D eigenvalue weighted by molar-refractivity contribution is 5.49. The summed E-state index contributed by atoms with van der Waals surface area (Å²) in [6.45, 7) is 2.10. The summed E-state index contributed by atoms with van der Waals surface area (Å²) in [5.74, 6) is 2.69. The summed E-state index contributed by atoms with van der Waals surface area (Å²) in [6.07, 6.45) is 0.315. The Labute approximate surface area is 159 Å². The maximum atomic E-state index is 14.7. The Hall–Kier alpha value is -2.81. The summed E-state index contributed by atoms with van der Waals surface area (Å²) in [5, 5.41) is 0. The minimum Gasteiger partial charge on any atom is -0.403 e. The highest BCUT2D eigenvalue weighted by Crippen LogP contribution is 2.28. The van der Waals surface area contributed by atoms with Gasteiger partial charge in [-0.25, -0.2) is 8.78 Å². The van der Waals surface area contributed by atoms with E-state index in [0.29, 0.717) is 12.0 Å². The van der Waals surface area contributed by atoms with Gasteiger partial charge in [-0.3, -0.25) is 0 Å². The van der Waals surface area contributed by atoms with Crippen molar-refractivity contribution in [2.75, 3.05) is 0 Å². The van der Waals surface area contributed by atoms with Crippen molar-refractivity contribution >= 4 is 0 Å². The van der Waals surface area contributed by atoms with Gasteiger partial charge < -0.3 is 4.74 Å². The molecule has 0 fully saturated rings. The molecule has 28 heavy (non-hydrogen) atoms. The van der Waals surface area contributed by atoms with Crippen molar-refractivity contribution in [3.63, 3.8) is 0 Å². The molecule has 1 aliphatic carbocycles. The van der Waals surface area contributed by atoms with Crippen LogP contribution in [0, 0.1) is 23.5 Å². The van der Waals surface area contributed by atoms with E-state index in [1.807, 2.05) is 12.1 Å². The number of allylic oxidation sites excluding steroid dienone is 2. The molecule has 0 aromatic heterocycles. The van der Waals surface area contributed by atoms with E-state index in [4.69, 9.17) is 0 Å². The van der Waals surface area contributed by atoms with Crippen LogP contribution in [-0.2, 0) is 12.8 Å². The molecule has 0 saturated carbocycles. The second-order valence-corrected chi connectivity index (χ2v) is 6.50. The molecular formula is C22H17F5O. The highest BCUT2D eigenvalue weighted by Gasteiger charge is 2.32. The smallest absolute Gasteiger partial charge is 0.403 e. The first kappa shape index (κ1) is 19.9. The molecule has 0 unspecified atom stereocenters. The van der Waals surface area contributed by atoms with Gasteiger partial charge in [0.1, 0.15) is 5.82 Å². The number of rotatable bonds is 3. The molecule has 0 spiro atoms. The summed E-state index contributed by atoms with van der Waals surface area (Å²) in [5.41, 5.74) is 3.13. The van der Waals surface area contributed by atoms with Gasteiger partial charge in [-0.1, -0.05) is 42.9 Å². The Morgan fingerprint density at radius 2 is 1.86 bits per heavy atom. The topological polar surface area (TPSA) is 9.23 Å². The summed E-state index contributed by atoms with van der Waals surface area (Å²) >= 11 is 0. The molecular weight excluding hydrogens is 375 g/mol. The van der Waals surface area contributed by atoms with Crippen molar-refractivity contribution in [2.45, 2.75) is 39.0 Å². The molecule has 2 aromatic rings. The molecule has 6 heteroatoms. The average Bonchev–Trinajstić information content (AvgIpc) is 2.62. The number of hydrogen-bond acceptors (Lipinski definition) is 1. The van der Waals surface area contributed by atoms with Crippen LogP contribution in [0.5, 0.6) is 5.75 Å². The lowest BCUT2D eigenvalue weighted by Crippen LogP contribution is -2.17. The minimum absolute atomic E-state index is 0.120. The lowest BCUT2D eigenvalue weighted by atomic mass is 9.88. The molecule has 0 atom stereocenters. The third-order valence-corrected chi connectivity index (χ3v) is 4.42. The monoisotopic (exact) mass is 392 g/mol. The SMILES string of the molecule is CCCC1=CCc2c(ccc(C#Cc3ccc(OC(F)(F)F)c(F)c3)c2F)C1. The van der Waals surface area contributed by atoms with Crippen LogP contribution < -0.4 is 4.74 Å². The zero-order valence-electron chi connectivity index (χ0n) is 15.1. The zero-order chi connectivity index (χ0) is 20.3. The van der Waals surface area contributed by atoms with Crippen molar-refractivity contribution in [3.8, 4) is 17.6 Å². The average molecular weight is 392 g/mol. The van der Waals surface area contributed by atoms with Crippen LogP contribution in [-0.4, -0.2) is 6.36 Å². The van der Waals surface area contributed by atoms with Crippen molar-refractivity contribution in [1.82, 2.24) is 0 Å². The molecule has 0 radical (unpaired) electrons. The van der Waals surface area contributed by atoms with E-state index in [1.54, 1.807) is 6.07 Å². The third kappa shape index (κ3) is 4.72. The molecule has 0 N–H and O–H groups in total. The van der Waals surface area contributed by atoms with E-state index >= 15 is 0 Å². The van der Waals surface area contributed by atoms with Crippen LogP contribution >= 0.6 is 0 Å². The lowest BCUT2D eigenvalue weighted by Gasteiger charge is -2.18. The van der Waals surface area contributed by atoms with Gasteiger partial charge in [0, 0.05) is 5.56 Å². The lowest BCUT2D eigenvalue weighted by molar-refractivity contribution is -0.275. The maximum absolute atomic E-state index is 14.7. The predicted octanol–water partition coefficient (Wildman–Crippen LogP) is 6.09. The Kier molecular flexibility index (Phi) is 5.73. The van der Waals surface area contributed by atoms with E-state index < -0.39 is 23.7 Å². The van der Waals surface area contributed by atoms with Crippen LogP contribution in [0.25, 0.3) is 0 Å². The molecule has 3 rings (SSSR count). The number of benzene rings is 2. The van der Waals surface area contributed by atoms with Gasteiger partial charge in [-0.2, -0.15) is 0 Å². The maximum Gasteiger partial charge on any atom is 0.573 e. The molecule has 1 nitrogen and oxygen atoms in total. The molecule has 146 valence electrons. The number of fused-ring (bicyclic) bond motifs is 1. The van der Waals surface area contributed by atoms with E-state index in [2.05, 4.69) is 23.5 Å². The predicted molar refractivity (Wildman–Crippen MR) is 95.9 cm³/mol. The molecule has 0 saturated heterocycles. The van der Waals surface area contributed by atoms with Crippen LogP contribution in [0.3, 0.4) is 0 Å². The van der Waals surface area contributed by atoms with Gasteiger partial charge in [-0.05, 0) is 54.7 Å². The first-order valence-electron chi connectivity index (χ1n) is 8.82. The minimum atomic E-state index is -4.98. The molecule has 0 bridgehead atoms. The van der Waals surface area contributed by atoms with E-state index in [-0.39, 0.29) is 11.1 Å². The fourth-order valence-electron chi connectivity index (χ4n) is 3.14. The Morgan fingerprint density at radius 3 is 2.54 bits per heavy atom. The normalized spacial score (nSPS) is 13.3. The van der Waals surface area contributed by atoms with E-state index in [1.165, 1.54) is 11.6 Å². The second kappa shape index (κ2) is 8.05. The molecule has 0 aliphatic heterocycles. The summed E-state index contributed by atoms with van der Waals surface area (Å²) in [7, 11) is 0. The van der Waals surface area contributed by atoms with E-state index in [0.717, 1.165) is 37.0 Å². The quantitative estimate of drug-likeness (QED) is 0.349. The van der Waals surface area contributed by atoms with Gasteiger partial charge in [0.05, 0.1) is 5.56 Å². The van der Waals surface area contributed by atoms with Crippen molar-refractivity contribution < 1.29 is 26.7 Å². The van der Waals surface area contributed by atoms with Gasteiger partial charge in [0.15, 0.2) is 11.6 Å². The fourth-order valence-corrected chi connectivity index (χ4v) is 3.14. The molecule has 2 aromatic carbocycles. The van der Waals surface area contributed by atoms with Gasteiger partial charge in [0.2, 0.25) is 0 Å². The Balaban J connectivity index is 1.82. The largest absolute Gasteiger partial charge is 0.573 e. The number of hydrogen-bond donors (Lipinski definition) is 0. The summed E-state index contributed by atoms with van der Waals surface area (Å²) in [6, 6.07) is 6.27.